The van der Waals surface area contributed by atoms with Crippen molar-refractivity contribution in [2.24, 2.45) is 5.73 Å². The summed E-state index contributed by atoms with van der Waals surface area (Å²) in [6.07, 6.45) is 0.751. The largest absolute Gasteiger partial charge is 0.504 e. The fraction of sp³-hybridized carbons (Fsp3) is 0.286. The Kier molecular flexibility index (Phi) is 6.33. The molecule has 3 amide bonds. The normalized spacial score (nSPS) is 17.6. The van der Waals surface area contributed by atoms with E-state index < -0.39 is 17.9 Å². The molecule has 4 rings (SSSR count). The van der Waals surface area contributed by atoms with Crippen molar-refractivity contribution < 1.29 is 24.2 Å². The van der Waals surface area contributed by atoms with Gasteiger partial charge in [0, 0.05) is 13.0 Å². The number of ether oxygens (including phenoxy) is 1. The fourth-order valence-corrected chi connectivity index (χ4v) is 3.03. The highest BCUT2D eigenvalue weighted by atomic mass is 16.5. The van der Waals surface area contributed by atoms with Crippen molar-refractivity contribution in [2.45, 2.75) is 31.7 Å². The Morgan fingerprint density at radius 2 is 1.79 bits per heavy atom. The summed E-state index contributed by atoms with van der Waals surface area (Å²) in [5.74, 6) is -0.646. The molecule has 2 aliphatic rings. The molecule has 152 valence electrons. The number of carbonyl (C=O) groups is 3. The summed E-state index contributed by atoms with van der Waals surface area (Å²) in [5, 5.41) is 15.4. The van der Waals surface area contributed by atoms with Gasteiger partial charge in [0.15, 0.2) is 11.5 Å². The lowest BCUT2D eigenvalue weighted by molar-refractivity contribution is -0.131. The lowest BCUT2D eigenvalue weighted by Crippen LogP contribution is -2.49. The smallest absolute Gasteiger partial charge is 0.243 e. The van der Waals surface area contributed by atoms with E-state index in [2.05, 4.69) is 10.6 Å². The van der Waals surface area contributed by atoms with Gasteiger partial charge in [-0.1, -0.05) is 18.2 Å². The number of carbonyl (C=O) groups excluding carboxylic acids is 3. The number of nitrogens with two attached hydrogens (primary N) is 1. The van der Waals surface area contributed by atoms with Crippen molar-refractivity contribution in [3.63, 3.8) is 0 Å². The van der Waals surface area contributed by atoms with E-state index in [0.717, 1.165) is 11.1 Å². The minimum atomic E-state index is -1.02. The molecule has 4 bridgehead atoms. The zero-order valence-corrected chi connectivity index (χ0v) is 15.8. The van der Waals surface area contributed by atoms with E-state index in [0.29, 0.717) is 30.9 Å². The van der Waals surface area contributed by atoms with Crippen LogP contribution in [0.25, 0.3) is 0 Å². The highest BCUT2D eigenvalue weighted by Gasteiger charge is 2.22. The SMILES string of the molecule is NC(=O)C[C@@H]1NC(=O)CCc2ccc(O)c(c2)Oc2ccc(cc2)CCNC1=O. The number of hydrogen-bond donors (Lipinski definition) is 4. The molecule has 0 fully saturated rings. The molecule has 0 aliphatic carbocycles. The summed E-state index contributed by atoms with van der Waals surface area (Å²) in [6.45, 7) is 0.339. The first-order valence-corrected chi connectivity index (χ1v) is 9.35. The lowest BCUT2D eigenvalue weighted by Gasteiger charge is -2.17. The molecular formula is C21H23N3O5. The summed E-state index contributed by atoms with van der Waals surface area (Å²) in [4.78, 5) is 36.0. The fourth-order valence-electron chi connectivity index (χ4n) is 3.03. The topological polar surface area (TPSA) is 131 Å². The molecule has 8 heteroatoms. The number of amides is 3. The number of rotatable bonds is 2. The van der Waals surface area contributed by atoms with Crippen LogP contribution in [0.5, 0.6) is 17.2 Å². The second-order valence-electron chi connectivity index (χ2n) is 6.88. The van der Waals surface area contributed by atoms with Crippen LogP contribution in [0.2, 0.25) is 0 Å². The number of phenolic OH excluding ortho intramolecular Hbond substituents is 1. The Hall–Kier alpha value is -3.55. The Labute approximate surface area is 168 Å². The van der Waals surface area contributed by atoms with Gasteiger partial charge in [0.1, 0.15) is 11.8 Å². The van der Waals surface area contributed by atoms with Crippen LogP contribution in [-0.4, -0.2) is 35.4 Å². The average Bonchev–Trinajstić information content (AvgIpc) is 2.68. The first-order chi connectivity index (χ1) is 13.9. The third-order valence-electron chi connectivity index (χ3n) is 4.59. The molecule has 2 heterocycles. The average molecular weight is 397 g/mol. The van der Waals surface area contributed by atoms with Crippen LogP contribution >= 0.6 is 0 Å². The molecule has 0 aromatic heterocycles. The van der Waals surface area contributed by atoms with Gasteiger partial charge in [0.2, 0.25) is 17.7 Å². The molecule has 2 aromatic rings. The molecule has 0 radical (unpaired) electrons. The Bertz CT molecular complexity index is 911. The Morgan fingerprint density at radius 1 is 1.07 bits per heavy atom. The van der Waals surface area contributed by atoms with Crippen molar-refractivity contribution >= 4 is 17.7 Å². The quantitative estimate of drug-likeness (QED) is 0.604. The summed E-state index contributed by atoms with van der Waals surface area (Å²) in [5.41, 5.74) is 6.97. The summed E-state index contributed by atoms with van der Waals surface area (Å²) in [7, 11) is 0. The zero-order chi connectivity index (χ0) is 20.8. The monoisotopic (exact) mass is 397 g/mol. The maximum atomic E-state index is 12.4. The number of aromatic hydroxyl groups is 1. The molecule has 29 heavy (non-hydrogen) atoms. The summed E-state index contributed by atoms with van der Waals surface area (Å²) < 4.78 is 5.76. The second kappa shape index (κ2) is 9.09. The van der Waals surface area contributed by atoms with Gasteiger partial charge in [-0.05, 0) is 48.2 Å². The van der Waals surface area contributed by atoms with Crippen LogP contribution in [0.4, 0.5) is 0 Å². The summed E-state index contributed by atoms with van der Waals surface area (Å²) in [6, 6.07) is 11.1. The minimum Gasteiger partial charge on any atom is -0.504 e. The predicted molar refractivity (Wildman–Crippen MR) is 105 cm³/mol. The van der Waals surface area contributed by atoms with Crippen LogP contribution in [0.3, 0.4) is 0 Å². The number of hydrogen-bond acceptors (Lipinski definition) is 5. The number of primary amides is 1. The van der Waals surface area contributed by atoms with E-state index in [4.69, 9.17) is 10.5 Å². The molecule has 5 N–H and O–H groups in total. The number of fused-ring (bicyclic) bond motifs is 10. The van der Waals surface area contributed by atoms with Crippen molar-refractivity contribution in [1.29, 1.82) is 0 Å². The molecule has 2 aliphatic heterocycles. The molecule has 0 unspecified atom stereocenters. The van der Waals surface area contributed by atoms with Crippen molar-refractivity contribution in [3.05, 3.63) is 53.6 Å². The van der Waals surface area contributed by atoms with E-state index >= 15 is 0 Å². The van der Waals surface area contributed by atoms with E-state index in [9.17, 15) is 19.5 Å². The van der Waals surface area contributed by atoms with Crippen LogP contribution < -0.4 is 21.1 Å². The van der Waals surface area contributed by atoms with Gasteiger partial charge in [-0.15, -0.1) is 0 Å². The van der Waals surface area contributed by atoms with Crippen molar-refractivity contribution in [3.8, 4) is 17.2 Å². The van der Waals surface area contributed by atoms with Gasteiger partial charge < -0.3 is 26.2 Å². The Morgan fingerprint density at radius 3 is 2.52 bits per heavy atom. The van der Waals surface area contributed by atoms with E-state index in [1.165, 1.54) is 6.07 Å². The molecule has 0 spiro atoms. The standard InChI is InChI=1S/C21H23N3O5/c22-19(26)12-16-21(28)23-10-9-13-1-5-15(6-2-13)29-18-11-14(3-7-17(18)25)4-8-20(27)24-16/h1-3,5-7,11,16,25H,4,8-10,12H2,(H2,22,26)(H,23,28)(H,24,27)/t16-/m0/s1. The molecule has 1 atom stereocenters. The summed E-state index contributed by atoms with van der Waals surface area (Å²) >= 11 is 0. The number of phenols is 1. The van der Waals surface area contributed by atoms with Gasteiger partial charge >= 0.3 is 0 Å². The van der Waals surface area contributed by atoms with E-state index in [1.54, 1.807) is 24.3 Å². The van der Waals surface area contributed by atoms with Gasteiger partial charge in [0.25, 0.3) is 0 Å². The van der Waals surface area contributed by atoms with Gasteiger partial charge in [-0.3, -0.25) is 14.4 Å². The Balaban J connectivity index is 1.85. The highest BCUT2D eigenvalue weighted by molar-refractivity contribution is 5.91. The van der Waals surface area contributed by atoms with Gasteiger partial charge in [0.05, 0.1) is 6.42 Å². The molecule has 8 nitrogen and oxygen atoms in total. The molecular weight excluding hydrogens is 374 g/mol. The lowest BCUT2D eigenvalue weighted by atomic mass is 10.1. The predicted octanol–water partition coefficient (Wildman–Crippen LogP) is 1.15. The highest BCUT2D eigenvalue weighted by Crippen LogP contribution is 2.32. The van der Waals surface area contributed by atoms with Crippen molar-refractivity contribution in [1.82, 2.24) is 10.6 Å². The molecule has 0 saturated carbocycles. The second-order valence-corrected chi connectivity index (χ2v) is 6.88. The van der Waals surface area contributed by atoms with Crippen LogP contribution in [0.15, 0.2) is 42.5 Å². The van der Waals surface area contributed by atoms with Crippen LogP contribution in [0, 0.1) is 0 Å². The van der Waals surface area contributed by atoms with Crippen molar-refractivity contribution in [2.75, 3.05) is 6.54 Å². The maximum Gasteiger partial charge on any atom is 0.243 e. The number of aryl methyl sites for hydroxylation is 1. The zero-order valence-electron chi connectivity index (χ0n) is 15.8. The van der Waals surface area contributed by atoms with E-state index in [-0.39, 0.29) is 24.5 Å². The van der Waals surface area contributed by atoms with Gasteiger partial charge in [-0.25, -0.2) is 0 Å². The van der Waals surface area contributed by atoms with E-state index in [1.807, 2.05) is 12.1 Å². The minimum absolute atomic E-state index is 0.00323. The maximum absolute atomic E-state index is 12.4. The third kappa shape index (κ3) is 5.71. The first kappa shape index (κ1) is 20.2. The van der Waals surface area contributed by atoms with Gasteiger partial charge in [-0.2, -0.15) is 0 Å². The number of benzene rings is 2. The van der Waals surface area contributed by atoms with Crippen LogP contribution in [-0.2, 0) is 27.2 Å². The number of nitrogens with one attached hydrogen (secondary N) is 2. The molecule has 0 saturated heterocycles. The first-order valence-electron chi connectivity index (χ1n) is 9.35. The molecule has 2 aromatic carbocycles. The van der Waals surface area contributed by atoms with Crippen LogP contribution in [0.1, 0.15) is 24.0 Å². The third-order valence-corrected chi connectivity index (χ3v) is 4.59.